The van der Waals surface area contributed by atoms with Crippen molar-refractivity contribution in [1.82, 2.24) is 0 Å². The third-order valence-electron chi connectivity index (χ3n) is 2.11. The van der Waals surface area contributed by atoms with E-state index in [1.165, 1.54) is 5.57 Å². The maximum atomic E-state index is 5.60. The van der Waals surface area contributed by atoms with Gasteiger partial charge in [0.25, 0.3) is 0 Å². The van der Waals surface area contributed by atoms with Gasteiger partial charge in [-0.25, -0.2) is 0 Å². The summed E-state index contributed by atoms with van der Waals surface area (Å²) >= 11 is 0. The van der Waals surface area contributed by atoms with Crippen molar-refractivity contribution in [2.24, 2.45) is 11.1 Å². The smallest absolute Gasteiger partial charge is 0.00146 e. The second kappa shape index (κ2) is 2.59. The maximum absolute atomic E-state index is 5.60. The van der Waals surface area contributed by atoms with Gasteiger partial charge in [0.05, 0.1) is 0 Å². The zero-order valence-corrected chi connectivity index (χ0v) is 6.72. The maximum Gasteiger partial charge on any atom is 0.00146 e. The highest BCUT2D eigenvalue weighted by Gasteiger charge is 2.18. The lowest BCUT2D eigenvalue weighted by Gasteiger charge is -2.25. The zero-order chi connectivity index (χ0) is 7.61. The summed E-state index contributed by atoms with van der Waals surface area (Å²) in [5.74, 6) is 0. The first-order valence-electron chi connectivity index (χ1n) is 3.72. The van der Waals surface area contributed by atoms with Crippen LogP contribution < -0.4 is 5.73 Å². The standard InChI is InChI=1S/C9H15N/c1-8-3-5-9(2,7-10)6-4-8/h3-5H,6-7,10H2,1-2H3. The van der Waals surface area contributed by atoms with Gasteiger partial charge >= 0.3 is 0 Å². The van der Waals surface area contributed by atoms with Crippen molar-refractivity contribution in [2.75, 3.05) is 6.54 Å². The quantitative estimate of drug-likeness (QED) is 0.586. The van der Waals surface area contributed by atoms with Gasteiger partial charge in [-0.3, -0.25) is 0 Å². The summed E-state index contributed by atoms with van der Waals surface area (Å²) in [4.78, 5) is 0. The van der Waals surface area contributed by atoms with Gasteiger partial charge in [0.15, 0.2) is 0 Å². The second-order valence-corrected chi connectivity index (χ2v) is 3.34. The van der Waals surface area contributed by atoms with Crippen molar-refractivity contribution in [3.05, 3.63) is 23.8 Å². The Balaban J connectivity index is 2.67. The summed E-state index contributed by atoms with van der Waals surface area (Å²) in [6.45, 7) is 5.05. The zero-order valence-electron chi connectivity index (χ0n) is 6.72. The van der Waals surface area contributed by atoms with Crippen molar-refractivity contribution < 1.29 is 0 Å². The van der Waals surface area contributed by atoms with Gasteiger partial charge in [0.2, 0.25) is 0 Å². The Morgan fingerprint density at radius 3 is 2.80 bits per heavy atom. The highest BCUT2D eigenvalue weighted by Crippen LogP contribution is 2.27. The van der Waals surface area contributed by atoms with E-state index in [1.807, 2.05) is 0 Å². The molecule has 10 heavy (non-hydrogen) atoms. The third kappa shape index (κ3) is 1.48. The lowest BCUT2D eigenvalue weighted by Crippen LogP contribution is -2.25. The van der Waals surface area contributed by atoms with Crippen LogP contribution >= 0.6 is 0 Å². The van der Waals surface area contributed by atoms with Crippen molar-refractivity contribution in [3.8, 4) is 0 Å². The Morgan fingerprint density at radius 1 is 1.70 bits per heavy atom. The third-order valence-corrected chi connectivity index (χ3v) is 2.11. The molecule has 0 heterocycles. The minimum Gasteiger partial charge on any atom is -0.330 e. The Labute approximate surface area is 62.6 Å². The van der Waals surface area contributed by atoms with E-state index in [0.29, 0.717) is 0 Å². The van der Waals surface area contributed by atoms with Gasteiger partial charge < -0.3 is 5.73 Å². The molecule has 0 saturated heterocycles. The Hall–Kier alpha value is -0.560. The lowest BCUT2D eigenvalue weighted by atomic mass is 9.82. The molecule has 56 valence electrons. The first-order valence-corrected chi connectivity index (χ1v) is 3.72. The molecule has 1 aliphatic carbocycles. The fourth-order valence-corrected chi connectivity index (χ4v) is 1.01. The van der Waals surface area contributed by atoms with Crippen LogP contribution in [-0.4, -0.2) is 6.54 Å². The molecule has 1 unspecified atom stereocenters. The molecular formula is C9H15N. The molecule has 1 nitrogen and oxygen atoms in total. The number of hydrogen-bond acceptors (Lipinski definition) is 1. The normalized spacial score (nSPS) is 32.1. The largest absolute Gasteiger partial charge is 0.330 e. The highest BCUT2D eigenvalue weighted by molar-refractivity contribution is 5.24. The van der Waals surface area contributed by atoms with E-state index in [-0.39, 0.29) is 5.41 Å². The van der Waals surface area contributed by atoms with Gasteiger partial charge in [-0.15, -0.1) is 0 Å². The molecule has 0 aromatic carbocycles. The van der Waals surface area contributed by atoms with Crippen LogP contribution in [0.3, 0.4) is 0 Å². The van der Waals surface area contributed by atoms with E-state index in [1.54, 1.807) is 0 Å². The molecule has 1 atom stereocenters. The summed E-state index contributed by atoms with van der Waals surface area (Å²) in [7, 11) is 0. The Bertz CT molecular complexity index is 179. The molecule has 0 fully saturated rings. The molecule has 1 heteroatoms. The predicted molar refractivity (Wildman–Crippen MR) is 44.7 cm³/mol. The molecule has 0 radical (unpaired) electrons. The lowest BCUT2D eigenvalue weighted by molar-refractivity contribution is 0.441. The van der Waals surface area contributed by atoms with Crippen LogP contribution in [0.5, 0.6) is 0 Å². The van der Waals surface area contributed by atoms with Crippen LogP contribution in [0.25, 0.3) is 0 Å². The average molecular weight is 137 g/mol. The van der Waals surface area contributed by atoms with Gasteiger partial charge in [-0.05, 0) is 13.3 Å². The van der Waals surface area contributed by atoms with Crippen LogP contribution in [0.4, 0.5) is 0 Å². The first kappa shape index (κ1) is 7.55. The first-order chi connectivity index (χ1) is 4.66. The number of nitrogens with two attached hydrogens (primary N) is 1. The molecule has 0 spiro atoms. The monoisotopic (exact) mass is 137 g/mol. The van der Waals surface area contributed by atoms with Crippen LogP contribution in [0, 0.1) is 5.41 Å². The van der Waals surface area contributed by atoms with E-state index < -0.39 is 0 Å². The summed E-state index contributed by atoms with van der Waals surface area (Å²) < 4.78 is 0. The van der Waals surface area contributed by atoms with Crippen molar-refractivity contribution in [1.29, 1.82) is 0 Å². The summed E-state index contributed by atoms with van der Waals surface area (Å²) in [5, 5.41) is 0. The Kier molecular flexibility index (Phi) is 1.95. The van der Waals surface area contributed by atoms with Gasteiger partial charge in [0, 0.05) is 12.0 Å². The van der Waals surface area contributed by atoms with Crippen LogP contribution in [0.15, 0.2) is 23.8 Å². The molecule has 1 aliphatic rings. The SMILES string of the molecule is CC1=CCC(C)(CN)C=C1. The minimum atomic E-state index is 0.222. The Morgan fingerprint density at radius 2 is 2.40 bits per heavy atom. The molecular weight excluding hydrogens is 122 g/mol. The van der Waals surface area contributed by atoms with E-state index in [4.69, 9.17) is 5.73 Å². The summed E-state index contributed by atoms with van der Waals surface area (Å²) in [5.41, 5.74) is 7.18. The summed E-state index contributed by atoms with van der Waals surface area (Å²) in [6.07, 6.45) is 7.69. The minimum absolute atomic E-state index is 0.222. The number of rotatable bonds is 1. The van der Waals surface area contributed by atoms with E-state index >= 15 is 0 Å². The molecule has 2 N–H and O–H groups in total. The highest BCUT2D eigenvalue weighted by atomic mass is 14.6. The topological polar surface area (TPSA) is 26.0 Å². The van der Waals surface area contributed by atoms with Gasteiger partial charge in [-0.1, -0.05) is 30.7 Å². The van der Waals surface area contributed by atoms with Gasteiger partial charge in [-0.2, -0.15) is 0 Å². The molecule has 1 rings (SSSR count). The second-order valence-electron chi connectivity index (χ2n) is 3.34. The summed E-state index contributed by atoms with van der Waals surface area (Å²) in [6, 6.07) is 0. The molecule has 0 amide bonds. The fraction of sp³-hybridized carbons (Fsp3) is 0.556. The van der Waals surface area contributed by atoms with Crippen LogP contribution in [0.2, 0.25) is 0 Å². The molecule has 0 aromatic heterocycles. The molecule has 0 saturated carbocycles. The van der Waals surface area contributed by atoms with E-state index in [9.17, 15) is 0 Å². The fourth-order valence-electron chi connectivity index (χ4n) is 1.01. The number of hydrogen-bond donors (Lipinski definition) is 1. The average Bonchev–Trinajstić information content (AvgIpc) is 1.96. The predicted octanol–water partition coefficient (Wildman–Crippen LogP) is 1.86. The van der Waals surface area contributed by atoms with Crippen molar-refractivity contribution in [3.63, 3.8) is 0 Å². The van der Waals surface area contributed by atoms with Crippen LogP contribution in [0.1, 0.15) is 20.3 Å². The van der Waals surface area contributed by atoms with Crippen molar-refractivity contribution >= 4 is 0 Å². The van der Waals surface area contributed by atoms with Gasteiger partial charge in [0.1, 0.15) is 0 Å². The van der Waals surface area contributed by atoms with E-state index in [0.717, 1.165) is 13.0 Å². The van der Waals surface area contributed by atoms with Crippen LogP contribution in [-0.2, 0) is 0 Å². The molecule has 0 aromatic rings. The van der Waals surface area contributed by atoms with Crippen molar-refractivity contribution in [2.45, 2.75) is 20.3 Å². The number of allylic oxidation sites excluding steroid dienone is 3. The molecule has 0 aliphatic heterocycles. The van der Waals surface area contributed by atoms with E-state index in [2.05, 4.69) is 32.1 Å². The molecule has 0 bridgehead atoms.